The van der Waals surface area contributed by atoms with Gasteiger partial charge in [0.15, 0.2) is 3.79 Å². The Bertz CT molecular complexity index is 121. The topological polar surface area (TPSA) is 0 Å². The molecule has 0 aromatic carbocycles. The molecule has 13 heavy (non-hydrogen) atoms. The zero-order chi connectivity index (χ0) is 10.5. The van der Waals surface area contributed by atoms with Crippen LogP contribution in [-0.2, 0) is 0 Å². The third kappa shape index (κ3) is 14.0. The van der Waals surface area contributed by atoms with Crippen LogP contribution in [0.3, 0.4) is 0 Å². The lowest BCUT2D eigenvalue weighted by Crippen LogP contribution is -2.08. The Morgan fingerprint density at radius 3 is 1.77 bits per heavy atom. The van der Waals surface area contributed by atoms with Gasteiger partial charge in [0.1, 0.15) is 0 Å². The summed E-state index contributed by atoms with van der Waals surface area (Å²) >= 11 is 33.8. The molecule has 80 valence electrons. The summed E-state index contributed by atoms with van der Waals surface area (Å²) in [5.41, 5.74) is 0. The van der Waals surface area contributed by atoms with Crippen molar-refractivity contribution in [2.24, 2.45) is 0 Å². The van der Waals surface area contributed by atoms with E-state index in [2.05, 4.69) is 0 Å². The third-order valence-electron chi connectivity index (χ3n) is 1.42. The molecule has 0 saturated heterocycles. The first-order chi connectivity index (χ1) is 5.71. The van der Waals surface area contributed by atoms with Gasteiger partial charge in [-0.25, -0.2) is 0 Å². The van der Waals surface area contributed by atoms with Gasteiger partial charge < -0.3 is 0 Å². The highest BCUT2D eigenvalue weighted by Gasteiger charge is 2.24. The van der Waals surface area contributed by atoms with Gasteiger partial charge in [-0.15, -0.1) is 33.2 Å². The maximum atomic E-state index is 5.69. The van der Waals surface area contributed by atoms with Crippen LogP contribution in [0.5, 0.6) is 0 Å². The van der Waals surface area contributed by atoms with Gasteiger partial charge in [0.25, 0.3) is 0 Å². The highest BCUT2D eigenvalue weighted by molar-refractivity contribution is 7.64. The Labute approximate surface area is 109 Å². The molecular formula is C6H10Cl6Si. The van der Waals surface area contributed by atoms with E-state index < -0.39 is 9.80 Å². The lowest BCUT2D eigenvalue weighted by molar-refractivity contribution is 0.676. The highest BCUT2D eigenvalue weighted by atomic mass is 35.8. The number of hydrogen-bond acceptors (Lipinski definition) is 0. The van der Waals surface area contributed by atoms with Crippen molar-refractivity contribution in [3.63, 3.8) is 0 Å². The second-order valence-corrected chi connectivity index (χ2v) is 14.6. The van der Waals surface area contributed by atoms with Crippen LogP contribution in [0.2, 0.25) is 6.04 Å². The van der Waals surface area contributed by atoms with E-state index >= 15 is 0 Å². The molecular weight excluding hydrogens is 313 g/mol. The van der Waals surface area contributed by atoms with E-state index in [0.29, 0.717) is 12.5 Å². The molecule has 0 amide bonds. The quantitative estimate of drug-likeness (QED) is 0.268. The molecule has 0 atom stereocenters. The van der Waals surface area contributed by atoms with Crippen LogP contribution in [0.25, 0.3) is 0 Å². The van der Waals surface area contributed by atoms with Crippen LogP contribution < -0.4 is 0 Å². The standard InChI is InChI=1S/C6H10Cl6Si/c7-6(8,9)4-2-1-3-5-13(10,11)12/h1-5H2. The largest absolute Gasteiger partial charge is 0.341 e. The Hall–Kier alpha value is 1.96. The van der Waals surface area contributed by atoms with E-state index in [-0.39, 0.29) is 0 Å². The van der Waals surface area contributed by atoms with Gasteiger partial charge in [-0.05, 0) is 18.9 Å². The Balaban J connectivity index is 3.28. The first kappa shape index (κ1) is 15.0. The normalized spacial score (nSPS) is 13.4. The predicted octanol–water partition coefficient (Wildman–Crippen LogP) is 5.57. The van der Waals surface area contributed by atoms with Gasteiger partial charge in [-0.2, -0.15) is 0 Å². The second-order valence-electron chi connectivity index (χ2n) is 2.79. The first-order valence-corrected chi connectivity index (χ1v) is 10.2. The van der Waals surface area contributed by atoms with Gasteiger partial charge in [-0.1, -0.05) is 47.6 Å². The average Bonchev–Trinajstić information content (AvgIpc) is 1.81. The van der Waals surface area contributed by atoms with Gasteiger partial charge in [0.05, 0.1) is 0 Å². The first-order valence-electron chi connectivity index (χ1n) is 3.84. The van der Waals surface area contributed by atoms with Crippen LogP contribution in [0.15, 0.2) is 0 Å². The summed E-state index contributed by atoms with van der Waals surface area (Å²) in [6.07, 6.45) is 3.24. The number of halogens is 6. The molecule has 0 unspecified atom stereocenters. The fourth-order valence-electron chi connectivity index (χ4n) is 0.828. The maximum absolute atomic E-state index is 5.69. The fourth-order valence-corrected chi connectivity index (χ4v) is 3.08. The van der Waals surface area contributed by atoms with Crippen molar-refractivity contribution >= 4 is 74.0 Å². The van der Waals surface area contributed by atoms with Gasteiger partial charge >= 0.3 is 6.00 Å². The molecule has 0 rings (SSSR count). The monoisotopic (exact) mass is 320 g/mol. The summed E-state index contributed by atoms with van der Waals surface area (Å²) in [4.78, 5) is 0. The Morgan fingerprint density at radius 2 is 1.38 bits per heavy atom. The zero-order valence-corrected chi connectivity index (χ0v) is 12.3. The molecule has 0 heterocycles. The molecule has 0 aromatic heterocycles. The van der Waals surface area contributed by atoms with E-state index in [1.165, 1.54) is 0 Å². The van der Waals surface area contributed by atoms with Crippen molar-refractivity contribution in [1.29, 1.82) is 0 Å². The Kier molecular flexibility index (Phi) is 7.50. The summed E-state index contributed by atoms with van der Waals surface area (Å²) in [5.74, 6) is 0. The van der Waals surface area contributed by atoms with Gasteiger partial charge in [0.2, 0.25) is 0 Å². The highest BCUT2D eigenvalue weighted by Crippen LogP contribution is 2.33. The van der Waals surface area contributed by atoms with E-state index in [1.807, 2.05) is 0 Å². The number of alkyl halides is 3. The van der Waals surface area contributed by atoms with Crippen LogP contribution in [-0.4, -0.2) is 9.80 Å². The number of rotatable bonds is 5. The maximum Gasteiger partial charge on any atom is 0.341 e. The Morgan fingerprint density at radius 1 is 0.846 bits per heavy atom. The molecule has 0 spiro atoms. The van der Waals surface area contributed by atoms with Crippen LogP contribution in [0, 0.1) is 0 Å². The predicted molar refractivity (Wildman–Crippen MR) is 66.9 cm³/mol. The van der Waals surface area contributed by atoms with E-state index in [9.17, 15) is 0 Å². The lowest BCUT2D eigenvalue weighted by atomic mass is 10.2. The van der Waals surface area contributed by atoms with Crippen molar-refractivity contribution in [3.8, 4) is 0 Å². The molecule has 0 aliphatic rings. The van der Waals surface area contributed by atoms with Crippen molar-refractivity contribution in [2.45, 2.75) is 35.5 Å². The van der Waals surface area contributed by atoms with E-state index in [1.54, 1.807) is 0 Å². The number of unbranched alkanes of at least 4 members (excludes halogenated alkanes) is 2. The second kappa shape index (κ2) is 6.52. The van der Waals surface area contributed by atoms with Crippen molar-refractivity contribution in [3.05, 3.63) is 0 Å². The summed E-state index contributed by atoms with van der Waals surface area (Å²) in [7, 11) is 0. The SMILES string of the molecule is ClC(Cl)(Cl)CCCCC[Si](Cl)(Cl)Cl. The average molecular weight is 323 g/mol. The van der Waals surface area contributed by atoms with Crippen molar-refractivity contribution in [2.75, 3.05) is 0 Å². The summed E-state index contributed by atoms with van der Waals surface area (Å²) in [6.45, 7) is 0. The van der Waals surface area contributed by atoms with Crippen molar-refractivity contribution < 1.29 is 0 Å². The summed E-state index contributed by atoms with van der Waals surface area (Å²) in [5, 5.41) is 0. The molecule has 0 saturated carbocycles. The number of hydrogen-bond donors (Lipinski definition) is 0. The van der Waals surface area contributed by atoms with Crippen LogP contribution in [0.4, 0.5) is 0 Å². The molecule has 0 nitrogen and oxygen atoms in total. The van der Waals surface area contributed by atoms with Crippen LogP contribution in [0.1, 0.15) is 25.7 Å². The lowest BCUT2D eigenvalue weighted by Gasteiger charge is -2.10. The molecule has 0 bridgehead atoms. The molecule has 0 aliphatic carbocycles. The molecule has 0 fully saturated rings. The zero-order valence-electron chi connectivity index (χ0n) is 6.80. The van der Waals surface area contributed by atoms with E-state index in [0.717, 1.165) is 19.3 Å². The van der Waals surface area contributed by atoms with Gasteiger partial charge in [0, 0.05) is 0 Å². The molecule has 0 radical (unpaired) electrons. The summed E-state index contributed by atoms with van der Waals surface area (Å²) in [6, 6.07) is -1.76. The van der Waals surface area contributed by atoms with Crippen LogP contribution >= 0.6 is 68.0 Å². The minimum Gasteiger partial charge on any atom is -0.126 e. The summed E-state index contributed by atoms with van der Waals surface area (Å²) < 4.78 is -1.14. The molecule has 7 heteroatoms. The van der Waals surface area contributed by atoms with Crippen molar-refractivity contribution in [1.82, 2.24) is 0 Å². The third-order valence-corrected chi connectivity index (χ3v) is 4.61. The van der Waals surface area contributed by atoms with Gasteiger partial charge in [-0.3, -0.25) is 0 Å². The minimum atomic E-state index is -2.44. The molecule has 0 N–H and O–H groups in total. The molecule has 0 aliphatic heterocycles. The smallest absolute Gasteiger partial charge is 0.126 e. The minimum absolute atomic E-state index is 0.555. The molecule has 0 aromatic rings. The van der Waals surface area contributed by atoms with E-state index in [4.69, 9.17) is 68.0 Å². The fraction of sp³-hybridized carbons (Fsp3) is 1.00.